The van der Waals surface area contributed by atoms with E-state index in [1.165, 1.54) is 37.9 Å². The number of aromatic nitrogens is 5. The van der Waals surface area contributed by atoms with Crippen LogP contribution in [0.4, 0.5) is 10.3 Å². The van der Waals surface area contributed by atoms with E-state index in [4.69, 9.17) is 9.47 Å². The van der Waals surface area contributed by atoms with Crippen LogP contribution in [0.3, 0.4) is 0 Å². The number of phenols is 1. The Morgan fingerprint density at radius 2 is 1.86 bits per heavy atom. The number of hydrogen-bond donors (Lipinski definition) is 2. The number of sulfonamides is 1. The minimum absolute atomic E-state index is 0.0234. The molecule has 37 heavy (non-hydrogen) atoms. The number of anilines is 1. The van der Waals surface area contributed by atoms with Crippen LogP contribution in [0.1, 0.15) is 31.4 Å². The zero-order valence-electron chi connectivity index (χ0n) is 20.2. The molecule has 1 aromatic carbocycles. The monoisotopic (exact) mass is 527 g/mol. The Morgan fingerprint density at radius 1 is 1.14 bits per heavy atom. The van der Waals surface area contributed by atoms with Gasteiger partial charge in [-0.3, -0.25) is 9.29 Å². The summed E-state index contributed by atoms with van der Waals surface area (Å²) >= 11 is 0. The number of nitrogens with zero attached hydrogens (tertiary/aromatic N) is 6. The quantitative estimate of drug-likeness (QED) is 0.421. The molecule has 0 radical (unpaired) electrons. The largest absolute Gasteiger partial charge is 0.506 e. The van der Waals surface area contributed by atoms with Gasteiger partial charge < -0.3 is 14.6 Å². The lowest BCUT2D eigenvalue weighted by atomic mass is 10.1. The number of para-hydroxylation sites is 1. The molecule has 0 aliphatic carbocycles. The molecule has 12 nitrogen and oxygen atoms in total. The molecule has 2 N–H and O–H groups in total. The summed E-state index contributed by atoms with van der Waals surface area (Å²) < 4.78 is 54.2. The topological polar surface area (TPSA) is 154 Å². The highest BCUT2D eigenvalue weighted by molar-refractivity contribution is 7.93. The smallest absolute Gasteiger partial charge is 0.243 e. The predicted octanol–water partition coefficient (Wildman–Crippen LogP) is 2.55. The van der Waals surface area contributed by atoms with Crippen LogP contribution in [0.2, 0.25) is 0 Å². The van der Waals surface area contributed by atoms with Gasteiger partial charge in [-0.25, -0.2) is 27.8 Å². The molecule has 2 aromatic heterocycles. The fraction of sp³-hybridized carbons (Fsp3) is 0.261. The van der Waals surface area contributed by atoms with Gasteiger partial charge in [-0.15, -0.1) is 10.2 Å². The zero-order valence-corrected chi connectivity index (χ0v) is 21.0. The third-order valence-corrected chi connectivity index (χ3v) is 7.44. The fourth-order valence-corrected chi connectivity index (χ4v) is 4.65. The van der Waals surface area contributed by atoms with E-state index in [2.05, 4.69) is 41.3 Å². The van der Waals surface area contributed by atoms with Crippen molar-refractivity contribution in [3.8, 4) is 17.2 Å². The molecular formula is C23H22FN7O5S. The van der Waals surface area contributed by atoms with Crippen molar-refractivity contribution in [3.05, 3.63) is 65.6 Å². The molecule has 0 fully saturated rings. The second-order valence-electron chi connectivity index (χ2n) is 7.83. The van der Waals surface area contributed by atoms with Crippen molar-refractivity contribution < 1.29 is 27.4 Å². The molecular weight excluding hydrogens is 505 g/mol. The van der Waals surface area contributed by atoms with Crippen LogP contribution in [-0.4, -0.2) is 63.6 Å². The Balaban J connectivity index is 1.82. The van der Waals surface area contributed by atoms with E-state index in [-0.39, 0.29) is 46.4 Å². The fourth-order valence-electron chi connectivity index (χ4n) is 3.42. The average Bonchev–Trinajstić information content (AvgIpc) is 3.30. The third kappa shape index (κ3) is 5.07. The Bertz CT molecular complexity index is 1570. The lowest BCUT2D eigenvalue weighted by molar-refractivity contribution is 0.404. The molecule has 0 amide bonds. The van der Waals surface area contributed by atoms with E-state index in [0.717, 1.165) is 12.4 Å². The molecule has 2 atom stereocenters. The maximum atomic E-state index is 13.4. The van der Waals surface area contributed by atoms with Crippen LogP contribution in [0.15, 0.2) is 53.1 Å². The molecule has 1 aliphatic heterocycles. The Morgan fingerprint density at radius 3 is 2.54 bits per heavy atom. The van der Waals surface area contributed by atoms with Crippen molar-refractivity contribution in [1.82, 2.24) is 24.7 Å². The summed E-state index contributed by atoms with van der Waals surface area (Å²) in [6.45, 7) is 3.05. The highest BCUT2D eigenvalue weighted by atomic mass is 32.2. The molecule has 3 heterocycles. The number of methoxy groups -OCH3 is 2. The van der Waals surface area contributed by atoms with E-state index in [1.807, 2.05) is 0 Å². The van der Waals surface area contributed by atoms with Crippen molar-refractivity contribution in [3.63, 3.8) is 0 Å². The van der Waals surface area contributed by atoms with Gasteiger partial charge in [-0.05, 0) is 24.8 Å². The van der Waals surface area contributed by atoms with Gasteiger partial charge >= 0.3 is 0 Å². The summed E-state index contributed by atoms with van der Waals surface area (Å²) in [6.07, 6.45) is 3.39. The first-order valence-electron chi connectivity index (χ1n) is 10.8. The van der Waals surface area contributed by atoms with Crippen LogP contribution in [0, 0.1) is 5.82 Å². The standard InChI is InChI=1S/C23H22FN7O5S/c1-13(21-25-11-15(24)12-26-21)14(2)37(33,34)30-23-29-28-22(16-7-5-10-19(27-16)36-4)31(23)20-17(32)8-6-9-18(20)35-3/h6,8-14,32H,1-4H3,(H,29,30)/t13-,14-/m0/s1. The van der Waals surface area contributed by atoms with E-state index in [9.17, 15) is 17.9 Å². The van der Waals surface area contributed by atoms with Crippen LogP contribution in [0.5, 0.6) is 11.5 Å². The molecule has 0 bridgehead atoms. The van der Waals surface area contributed by atoms with Crippen molar-refractivity contribution >= 4 is 27.6 Å². The lowest BCUT2D eigenvalue weighted by Crippen LogP contribution is -2.31. The maximum absolute atomic E-state index is 13.4. The number of phenolic OH excluding ortho intramolecular Hbond substituents is 1. The van der Waals surface area contributed by atoms with Crippen LogP contribution >= 0.6 is 0 Å². The van der Waals surface area contributed by atoms with E-state index >= 15 is 0 Å². The molecule has 0 spiro atoms. The van der Waals surface area contributed by atoms with Crippen LogP contribution in [0.25, 0.3) is 11.4 Å². The minimum atomic E-state index is -4.15. The Hall–Kier alpha value is -4.51. The summed E-state index contributed by atoms with van der Waals surface area (Å²) in [5.74, 6) is -1.27. The van der Waals surface area contributed by atoms with Crippen molar-refractivity contribution in [2.24, 2.45) is 4.99 Å². The van der Waals surface area contributed by atoms with Gasteiger partial charge in [0.2, 0.25) is 21.9 Å². The summed E-state index contributed by atoms with van der Waals surface area (Å²) in [5, 5.41) is 17.7. The second-order valence-corrected chi connectivity index (χ2v) is 9.87. The molecule has 4 rings (SSSR count). The Labute approximate surface area is 211 Å². The summed E-state index contributed by atoms with van der Waals surface area (Å²) in [4.78, 5) is 12.1. The lowest BCUT2D eigenvalue weighted by Gasteiger charge is -2.21. The van der Waals surface area contributed by atoms with E-state index in [1.54, 1.807) is 19.1 Å². The van der Waals surface area contributed by atoms with Gasteiger partial charge in [-0.1, -0.05) is 18.7 Å². The molecule has 1 aliphatic rings. The second kappa shape index (κ2) is 10.2. The molecule has 0 saturated heterocycles. The molecule has 3 aromatic rings. The van der Waals surface area contributed by atoms with Gasteiger partial charge in [0.15, 0.2) is 17.3 Å². The van der Waals surface area contributed by atoms with Gasteiger partial charge in [0.25, 0.3) is 0 Å². The summed E-state index contributed by atoms with van der Waals surface area (Å²) in [5.41, 5.74) is 5.70. The number of aromatic hydroxyl groups is 1. The zero-order chi connectivity index (χ0) is 26.7. The van der Waals surface area contributed by atoms with Crippen molar-refractivity contribution in [2.45, 2.75) is 25.0 Å². The van der Waals surface area contributed by atoms with Gasteiger partial charge in [-0.2, -0.15) is 0 Å². The SMILES string of the molecule is COC1=NC(c2nnc(NS(=O)(=O)[C@@H](C)[C@H](C)c3ncc(F)cn3)n2-c2c(O)cccc2OC)=C=C=C1. The van der Waals surface area contributed by atoms with Crippen molar-refractivity contribution in [2.75, 3.05) is 18.9 Å². The number of aliphatic imine (C=N–C) groups is 1. The highest BCUT2D eigenvalue weighted by Crippen LogP contribution is 2.36. The van der Waals surface area contributed by atoms with Crippen LogP contribution < -0.4 is 9.46 Å². The number of benzene rings is 1. The third-order valence-electron chi connectivity index (χ3n) is 5.59. The van der Waals surface area contributed by atoms with Crippen LogP contribution in [-0.2, 0) is 14.8 Å². The van der Waals surface area contributed by atoms with Gasteiger partial charge in [0.05, 0.1) is 37.9 Å². The Kier molecular flexibility index (Phi) is 7.07. The molecule has 0 unspecified atom stereocenters. The average molecular weight is 528 g/mol. The maximum Gasteiger partial charge on any atom is 0.243 e. The summed E-state index contributed by atoms with van der Waals surface area (Å²) in [6, 6.07) is 4.52. The van der Waals surface area contributed by atoms with Gasteiger partial charge in [0.1, 0.15) is 23.0 Å². The number of rotatable bonds is 8. The highest BCUT2D eigenvalue weighted by Gasteiger charge is 2.32. The molecule has 14 heteroatoms. The number of nitrogens with one attached hydrogen (secondary N) is 1. The number of ether oxygens (including phenoxy) is 2. The predicted molar refractivity (Wildman–Crippen MR) is 131 cm³/mol. The molecule has 192 valence electrons. The van der Waals surface area contributed by atoms with Crippen molar-refractivity contribution in [1.29, 1.82) is 0 Å². The first-order chi connectivity index (χ1) is 17.7. The summed E-state index contributed by atoms with van der Waals surface area (Å²) in [7, 11) is -1.34. The number of hydrogen-bond acceptors (Lipinski definition) is 10. The van der Waals surface area contributed by atoms with E-state index < -0.39 is 27.0 Å². The normalized spacial score (nSPS) is 14.5. The van der Waals surface area contributed by atoms with E-state index in [0.29, 0.717) is 0 Å². The minimum Gasteiger partial charge on any atom is -0.506 e. The molecule has 0 saturated carbocycles. The first kappa shape index (κ1) is 25.6. The first-order valence-corrected chi connectivity index (χ1v) is 12.4. The number of halogens is 1. The van der Waals surface area contributed by atoms with Gasteiger partial charge in [0, 0.05) is 5.92 Å².